The molecule has 0 spiro atoms. The molecule has 0 N–H and O–H groups in total. The molecule has 0 amide bonds. The van der Waals surface area contributed by atoms with Crippen LogP contribution in [0.5, 0.6) is 0 Å². The van der Waals surface area contributed by atoms with Gasteiger partial charge in [-0.05, 0) is 57.8 Å². The van der Waals surface area contributed by atoms with Crippen LogP contribution in [0.2, 0.25) is 0 Å². The number of hydrogen-bond acceptors (Lipinski definition) is 6. The molecule has 3 unspecified atom stereocenters. The van der Waals surface area contributed by atoms with Crippen LogP contribution in [-0.2, 0) is 28.4 Å². The zero-order chi connectivity index (χ0) is 16.5. The Morgan fingerprint density at radius 1 is 0.625 bits per heavy atom. The molecule has 3 heterocycles. The highest BCUT2D eigenvalue weighted by atomic mass is 16.7. The fourth-order valence-corrected chi connectivity index (χ4v) is 3.27. The lowest BCUT2D eigenvalue weighted by molar-refractivity contribution is -0.246. The minimum Gasteiger partial charge on any atom is -0.353 e. The maximum atomic E-state index is 6.09. The predicted octanol–water partition coefficient (Wildman–Crippen LogP) is 2.98. The van der Waals surface area contributed by atoms with Crippen molar-refractivity contribution in [3.63, 3.8) is 0 Å². The molecule has 0 aliphatic carbocycles. The zero-order valence-corrected chi connectivity index (χ0v) is 14.7. The summed E-state index contributed by atoms with van der Waals surface area (Å²) in [6, 6.07) is 0. The van der Waals surface area contributed by atoms with Crippen LogP contribution in [-0.4, -0.2) is 58.0 Å². The van der Waals surface area contributed by atoms with Gasteiger partial charge in [0.1, 0.15) is 6.10 Å². The van der Waals surface area contributed by atoms with Crippen LogP contribution in [0.1, 0.15) is 57.8 Å². The van der Waals surface area contributed by atoms with E-state index in [9.17, 15) is 0 Å². The summed E-state index contributed by atoms with van der Waals surface area (Å²) in [7, 11) is 0. The first-order chi connectivity index (χ1) is 11.9. The maximum Gasteiger partial charge on any atom is 0.158 e. The highest BCUT2D eigenvalue weighted by Gasteiger charge is 2.24. The topological polar surface area (TPSA) is 55.4 Å². The van der Waals surface area contributed by atoms with Crippen LogP contribution in [0.15, 0.2) is 0 Å². The summed E-state index contributed by atoms with van der Waals surface area (Å²) >= 11 is 0. The molecule has 140 valence electrons. The van der Waals surface area contributed by atoms with Crippen molar-refractivity contribution >= 4 is 0 Å². The molecule has 6 nitrogen and oxygen atoms in total. The second kappa shape index (κ2) is 10.7. The minimum absolute atomic E-state index is 0.108. The van der Waals surface area contributed by atoms with Crippen molar-refractivity contribution < 1.29 is 28.4 Å². The summed E-state index contributed by atoms with van der Waals surface area (Å²) in [6.07, 6.45) is 9.18. The van der Waals surface area contributed by atoms with Crippen LogP contribution >= 0.6 is 0 Å². The predicted molar refractivity (Wildman–Crippen MR) is 87.6 cm³/mol. The third-order valence-corrected chi connectivity index (χ3v) is 4.69. The molecule has 3 fully saturated rings. The lowest BCUT2D eigenvalue weighted by atomic mass is 10.2. The molecule has 0 aromatic heterocycles. The molecule has 0 bridgehead atoms. The quantitative estimate of drug-likeness (QED) is 0.675. The first-order valence-corrected chi connectivity index (χ1v) is 9.63. The molecule has 3 saturated heterocycles. The molecule has 3 aliphatic heterocycles. The van der Waals surface area contributed by atoms with Gasteiger partial charge in [-0.15, -0.1) is 0 Å². The van der Waals surface area contributed by atoms with Crippen LogP contribution in [0.4, 0.5) is 0 Å². The van der Waals surface area contributed by atoms with E-state index in [4.69, 9.17) is 28.4 Å². The van der Waals surface area contributed by atoms with Crippen molar-refractivity contribution in [3.05, 3.63) is 0 Å². The van der Waals surface area contributed by atoms with Crippen LogP contribution in [0, 0.1) is 0 Å². The summed E-state index contributed by atoms with van der Waals surface area (Å²) in [5, 5.41) is 0. The molecule has 0 aromatic rings. The Morgan fingerprint density at radius 2 is 1.08 bits per heavy atom. The second-order valence-electron chi connectivity index (χ2n) is 6.81. The monoisotopic (exact) mass is 344 g/mol. The fourth-order valence-electron chi connectivity index (χ4n) is 3.27. The van der Waals surface area contributed by atoms with Gasteiger partial charge in [0.15, 0.2) is 18.9 Å². The zero-order valence-electron chi connectivity index (χ0n) is 14.7. The summed E-state index contributed by atoms with van der Waals surface area (Å²) < 4.78 is 34.9. The summed E-state index contributed by atoms with van der Waals surface area (Å²) in [5.74, 6) is 0. The van der Waals surface area contributed by atoms with E-state index in [0.717, 1.165) is 77.6 Å². The molecule has 0 saturated carbocycles. The Kier molecular flexibility index (Phi) is 8.26. The van der Waals surface area contributed by atoms with Crippen LogP contribution in [0.25, 0.3) is 0 Å². The van der Waals surface area contributed by atoms with E-state index in [1.165, 1.54) is 0 Å². The first-order valence-electron chi connectivity index (χ1n) is 9.63. The first kappa shape index (κ1) is 18.5. The highest BCUT2D eigenvalue weighted by molar-refractivity contribution is 4.64. The van der Waals surface area contributed by atoms with Crippen molar-refractivity contribution in [3.8, 4) is 0 Å². The van der Waals surface area contributed by atoms with Crippen molar-refractivity contribution in [2.24, 2.45) is 0 Å². The van der Waals surface area contributed by atoms with Crippen molar-refractivity contribution in [1.82, 2.24) is 0 Å². The van der Waals surface area contributed by atoms with Gasteiger partial charge in [-0.2, -0.15) is 0 Å². The lowest BCUT2D eigenvalue weighted by Gasteiger charge is -2.31. The van der Waals surface area contributed by atoms with Gasteiger partial charge < -0.3 is 28.4 Å². The SMILES string of the molecule is C1CCC(OCC(COC2CCCCO2)OC2CCCCO2)OC1. The van der Waals surface area contributed by atoms with Crippen molar-refractivity contribution in [2.45, 2.75) is 82.8 Å². The molecule has 0 aromatic carbocycles. The van der Waals surface area contributed by atoms with E-state index < -0.39 is 0 Å². The van der Waals surface area contributed by atoms with E-state index in [-0.39, 0.29) is 25.0 Å². The molecular weight excluding hydrogens is 312 g/mol. The Labute approximate surface area is 145 Å². The van der Waals surface area contributed by atoms with E-state index in [2.05, 4.69) is 0 Å². The van der Waals surface area contributed by atoms with E-state index in [0.29, 0.717) is 13.2 Å². The highest BCUT2D eigenvalue weighted by Crippen LogP contribution is 2.19. The average Bonchev–Trinajstić information content (AvgIpc) is 2.66. The van der Waals surface area contributed by atoms with Gasteiger partial charge in [0.05, 0.1) is 13.2 Å². The minimum atomic E-state index is -0.149. The van der Waals surface area contributed by atoms with Gasteiger partial charge in [0.25, 0.3) is 0 Å². The molecular formula is C18H32O6. The average molecular weight is 344 g/mol. The van der Waals surface area contributed by atoms with Gasteiger partial charge in [0, 0.05) is 19.8 Å². The van der Waals surface area contributed by atoms with Crippen LogP contribution in [0.3, 0.4) is 0 Å². The van der Waals surface area contributed by atoms with E-state index in [1.54, 1.807) is 0 Å². The molecule has 3 atom stereocenters. The third-order valence-electron chi connectivity index (χ3n) is 4.69. The van der Waals surface area contributed by atoms with Crippen molar-refractivity contribution in [2.75, 3.05) is 33.0 Å². The second-order valence-corrected chi connectivity index (χ2v) is 6.81. The van der Waals surface area contributed by atoms with Crippen molar-refractivity contribution in [1.29, 1.82) is 0 Å². The molecule has 3 aliphatic rings. The molecule has 24 heavy (non-hydrogen) atoms. The number of ether oxygens (including phenoxy) is 6. The Hall–Kier alpha value is -0.240. The van der Waals surface area contributed by atoms with Crippen LogP contribution < -0.4 is 0 Å². The van der Waals surface area contributed by atoms with Gasteiger partial charge >= 0.3 is 0 Å². The molecule has 3 rings (SSSR count). The van der Waals surface area contributed by atoms with Gasteiger partial charge in [-0.1, -0.05) is 0 Å². The Morgan fingerprint density at radius 3 is 1.50 bits per heavy atom. The smallest absolute Gasteiger partial charge is 0.158 e. The molecule has 0 radical (unpaired) electrons. The number of rotatable bonds is 8. The Balaban J connectivity index is 1.42. The van der Waals surface area contributed by atoms with Gasteiger partial charge in [-0.25, -0.2) is 0 Å². The maximum absolute atomic E-state index is 6.09. The van der Waals surface area contributed by atoms with Gasteiger partial charge in [-0.3, -0.25) is 0 Å². The molecule has 6 heteroatoms. The largest absolute Gasteiger partial charge is 0.353 e. The lowest BCUT2D eigenvalue weighted by Crippen LogP contribution is -2.37. The van der Waals surface area contributed by atoms with E-state index in [1.807, 2.05) is 0 Å². The van der Waals surface area contributed by atoms with E-state index >= 15 is 0 Å². The third kappa shape index (κ3) is 6.58. The Bertz CT molecular complexity index is 299. The summed E-state index contributed by atoms with van der Waals surface area (Å²) in [4.78, 5) is 0. The summed E-state index contributed by atoms with van der Waals surface area (Å²) in [5.41, 5.74) is 0. The normalized spacial score (nSPS) is 33.2. The summed E-state index contributed by atoms with van der Waals surface area (Å²) in [6.45, 7) is 3.29. The fraction of sp³-hybridized carbons (Fsp3) is 1.00. The number of hydrogen-bond donors (Lipinski definition) is 0. The standard InChI is InChI=1S/C18H32O6/c1-4-10-19-16(7-1)22-13-15(24-18-9-3-6-12-21-18)14-23-17-8-2-5-11-20-17/h15-18H,1-14H2. The van der Waals surface area contributed by atoms with Gasteiger partial charge in [0.2, 0.25) is 0 Å².